The van der Waals surface area contributed by atoms with Gasteiger partial charge in [0.1, 0.15) is 5.76 Å². The van der Waals surface area contributed by atoms with Crippen LogP contribution in [0, 0.1) is 54.3 Å². The number of allylic oxidation sites excluding steroid dienone is 1. The average molecular weight is 788 g/mol. The van der Waals surface area contributed by atoms with Crippen molar-refractivity contribution < 1.29 is 31.0 Å². The topological polar surface area (TPSA) is 43.8 Å². The van der Waals surface area contributed by atoms with Gasteiger partial charge in [0.2, 0.25) is 0 Å². The molecule has 0 fully saturated rings. The molecule has 0 atom stereocenters. The van der Waals surface area contributed by atoms with Crippen molar-refractivity contribution in [2.75, 3.05) is 9.80 Å². The molecule has 1 aliphatic rings. The smallest absolute Gasteiger partial charge is 0.507 e. The number of rotatable bonds is 6. The molecule has 0 aliphatic carbocycles. The number of hydrogen-bond donors (Lipinski definition) is 1. The zero-order valence-corrected chi connectivity index (χ0v) is 29.5. The van der Waals surface area contributed by atoms with E-state index in [1.165, 1.54) is 23.0 Å². The van der Waals surface area contributed by atoms with Crippen molar-refractivity contribution in [2.45, 2.75) is 48.1 Å². The van der Waals surface area contributed by atoms with E-state index in [0.29, 0.717) is 5.56 Å². The Morgan fingerprint density at radius 1 is 0.717 bits per heavy atom. The predicted octanol–water partition coefficient (Wildman–Crippen LogP) is 10.1. The molecule has 0 aromatic heterocycles. The summed E-state index contributed by atoms with van der Waals surface area (Å²) in [6, 6.07) is 38.4. The van der Waals surface area contributed by atoms with E-state index in [9.17, 15) is 9.90 Å². The molecule has 0 saturated heterocycles. The summed E-state index contributed by atoms with van der Waals surface area (Å²) in [7, 11) is 0. The molecular formula is C41H40N2O2Pt. The van der Waals surface area contributed by atoms with E-state index in [0.717, 1.165) is 51.2 Å². The maximum Gasteiger partial charge on any atom is 2.00 e. The maximum atomic E-state index is 12.6. The van der Waals surface area contributed by atoms with Crippen molar-refractivity contribution in [3.63, 3.8) is 0 Å². The standard InChI is InChI=1S/C21H24O2.C20H16N2.Pt/c1-12-7-14(3)20(15(4)8-12)18(22)11-19(23)21-16(5)9-13(2)10-17(21)6;1-3-9-17(10-4-1)15-21-16-22(18-11-5-2-6-12-18)20-14-8-7-13-19(20)21;/h7-11,22H,1-6H3;1-11,13-14,16H,15H2;/q;-2;+2. The van der Waals surface area contributed by atoms with Crippen LogP contribution in [-0.4, -0.2) is 10.9 Å². The normalized spacial score (nSPS) is 12.2. The predicted molar refractivity (Wildman–Crippen MR) is 187 cm³/mol. The number of carbonyl (C=O) groups is 1. The molecule has 0 radical (unpaired) electrons. The van der Waals surface area contributed by atoms with Gasteiger partial charge in [-0.1, -0.05) is 77.9 Å². The second-order valence-electron chi connectivity index (χ2n) is 11.8. The summed E-state index contributed by atoms with van der Waals surface area (Å²) in [5, 5.41) is 10.5. The van der Waals surface area contributed by atoms with Gasteiger partial charge in [-0.3, -0.25) is 4.79 Å². The zero-order chi connectivity index (χ0) is 32.1. The van der Waals surface area contributed by atoms with Gasteiger partial charge >= 0.3 is 21.1 Å². The largest absolute Gasteiger partial charge is 2.00 e. The first kappa shape index (κ1) is 34.5. The molecule has 4 nitrogen and oxygen atoms in total. The number of anilines is 3. The minimum Gasteiger partial charge on any atom is -0.507 e. The molecule has 5 aromatic carbocycles. The molecule has 1 aliphatic heterocycles. The summed E-state index contributed by atoms with van der Waals surface area (Å²) in [6.07, 6.45) is 1.34. The number of fused-ring (bicyclic) bond motifs is 1. The van der Waals surface area contributed by atoms with Crippen molar-refractivity contribution in [1.82, 2.24) is 0 Å². The molecule has 0 bridgehead atoms. The quantitative estimate of drug-likeness (QED) is 0.0806. The van der Waals surface area contributed by atoms with Crippen LogP contribution in [0.3, 0.4) is 0 Å². The second-order valence-corrected chi connectivity index (χ2v) is 11.8. The van der Waals surface area contributed by atoms with E-state index in [2.05, 4.69) is 83.2 Å². The molecule has 0 amide bonds. The third-order valence-electron chi connectivity index (χ3n) is 7.98. The van der Waals surface area contributed by atoms with Crippen LogP contribution in [0.15, 0.2) is 109 Å². The molecule has 0 saturated carbocycles. The first-order chi connectivity index (χ1) is 21.6. The monoisotopic (exact) mass is 787 g/mol. The number of aliphatic hydroxyl groups excluding tert-OH is 1. The Hall–Kier alpha value is -4.40. The van der Waals surface area contributed by atoms with Crippen molar-refractivity contribution in [2.24, 2.45) is 0 Å². The van der Waals surface area contributed by atoms with Crippen LogP contribution in [0.5, 0.6) is 0 Å². The van der Waals surface area contributed by atoms with Crippen molar-refractivity contribution in [3.8, 4) is 0 Å². The Labute approximate surface area is 288 Å². The summed E-state index contributed by atoms with van der Waals surface area (Å²) < 4.78 is 0. The van der Waals surface area contributed by atoms with E-state index in [-0.39, 0.29) is 32.6 Å². The number of benzene rings is 5. The van der Waals surface area contributed by atoms with E-state index in [1.807, 2.05) is 84.0 Å². The maximum absolute atomic E-state index is 12.6. The van der Waals surface area contributed by atoms with Crippen LogP contribution in [0.2, 0.25) is 0 Å². The SMILES string of the molecule is Cc1cc(C)c(C(=O)C=C(O)c2c(C)cc(C)cc2C)c(C)c1.[Pt+2].[c-]1ccccc1N1[CH-]N(Cc2ccccc2)c2ccccc21. The second kappa shape index (κ2) is 15.3. The Morgan fingerprint density at radius 2 is 1.24 bits per heavy atom. The van der Waals surface area contributed by atoms with E-state index < -0.39 is 0 Å². The molecule has 6 rings (SSSR count). The van der Waals surface area contributed by atoms with E-state index in [4.69, 9.17) is 0 Å². The molecule has 1 heterocycles. The number of nitrogens with zero attached hydrogens (tertiary/aromatic N) is 2. The Kier molecular flexibility index (Phi) is 11.4. The Morgan fingerprint density at radius 3 is 1.80 bits per heavy atom. The molecule has 5 heteroatoms. The van der Waals surface area contributed by atoms with Crippen LogP contribution in [0.1, 0.15) is 54.9 Å². The van der Waals surface area contributed by atoms with Crippen LogP contribution >= 0.6 is 0 Å². The minimum absolute atomic E-state index is 0. The van der Waals surface area contributed by atoms with Gasteiger partial charge in [-0.2, -0.15) is 37.0 Å². The number of aliphatic hydroxyl groups is 1. The number of hydrogen-bond acceptors (Lipinski definition) is 4. The first-order valence-electron chi connectivity index (χ1n) is 15.2. The van der Waals surface area contributed by atoms with Crippen molar-refractivity contribution in [3.05, 3.63) is 172 Å². The molecule has 46 heavy (non-hydrogen) atoms. The van der Waals surface area contributed by atoms with Crippen molar-refractivity contribution in [1.29, 1.82) is 0 Å². The summed E-state index contributed by atoms with van der Waals surface area (Å²) in [5.74, 6) is -0.124. The summed E-state index contributed by atoms with van der Waals surface area (Å²) in [5.41, 5.74) is 12.3. The van der Waals surface area contributed by atoms with Gasteiger partial charge in [0, 0.05) is 35.1 Å². The molecule has 0 spiro atoms. The number of carbonyl (C=O) groups excluding carboxylic acids is 1. The van der Waals surface area contributed by atoms with Gasteiger partial charge in [0.15, 0.2) is 5.78 Å². The summed E-state index contributed by atoms with van der Waals surface area (Å²) in [6.45, 7) is 14.8. The molecule has 5 aromatic rings. The van der Waals surface area contributed by atoms with Gasteiger partial charge in [-0.05, 0) is 81.5 Å². The number of aryl methyl sites for hydroxylation is 6. The summed E-state index contributed by atoms with van der Waals surface area (Å²) in [4.78, 5) is 17.1. The fourth-order valence-electron chi connectivity index (χ4n) is 6.23. The fraction of sp³-hybridized carbons (Fsp3) is 0.171. The molecule has 236 valence electrons. The molecular weight excluding hydrogens is 748 g/mol. The average Bonchev–Trinajstić information content (AvgIpc) is 3.35. The third-order valence-corrected chi connectivity index (χ3v) is 7.98. The number of para-hydroxylation sites is 3. The van der Waals surface area contributed by atoms with Crippen LogP contribution in [0.4, 0.5) is 17.1 Å². The Balaban J connectivity index is 0.000000204. The van der Waals surface area contributed by atoms with Gasteiger partial charge in [-0.15, -0.1) is 5.69 Å². The van der Waals surface area contributed by atoms with Crippen LogP contribution in [0.25, 0.3) is 5.76 Å². The molecule has 1 N–H and O–H groups in total. The third kappa shape index (κ3) is 7.87. The zero-order valence-electron chi connectivity index (χ0n) is 27.2. The van der Waals surface area contributed by atoms with Gasteiger partial charge in [0.25, 0.3) is 0 Å². The van der Waals surface area contributed by atoms with Gasteiger partial charge in [0.05, 0.1) is 0 Å². The van der Waals surface area contributed by atoms with Crippen LogP contribution < -0.4 is 9.80 Å². The van der Waals surface area contributed by atoms with Crippen LogP contribution in [-0.2, 0) is 27.6 Å². The number of ketones is 1. The first-order valence-corrected chi connectivity index (χ1v) is 15.2. The van der Waals surface area contributed by atoms with Gasteiger partial charge in [-0.25, -0.2) is 0 Å². The Bertz CT molecular complexity index is 1800. The minimum atomic E-state index is -0.156. The molecule has 0 unspecified atom stereocenters. The van der Waals surface area contributed by atoms with E-state index >= 15 is 0 Å². The van der Waals surface area contributed by atoms with Gasteiger partial charge < -0.3 is 14.9 Å². The summed E-state index contributed by atoms with van der Waals surface area (Å²) >= 11 is 0. The van der Waals surface area contributed by atoms with E-state index in [1.54, 1.807) is 0 Å². The fourth-order valence-corrected chi connectivity index (χ4v) is 6.23. The van der Waals surface area contributed by atoms with Crippen molar-refractivity contribution >= 4 is 28.6 Å².